The van der Waals surface area contributed by atoms with Crippen molar-refractivity contribution in [3.8, 4) is 0 Å². The summed E-state index contributed by atoms with van der Waals surface area (Å²) in [6.07, 6.45) is 6.15. The molecule has 0 radical (unpaired) electrons. The molecule has 0 amide bonds. The summed E-state index contributed by atoms with van der Waals surface area (Å²) in [6, 6.07) is 10.5. The van der Waals surface area contributed by atoms with Crippen molar-refractivity contribution in [1.82, 2.24) is 4.98 Å². The van der Waals surface area contributed by atoms with Crippen LogP contribution in [-0.2, 0) is 0 Å². The van der Waals surface area contributed by atoms with E-state index in [1.54, 1.807) is 0 Å². The monoisotopic (exact) mass is 269 g/mol. The number of pyridine rings is 1. The molecule has 20 heavy (non-hydrogen) atoms. The zero-order chi connectivity index (χ0) is 14.0. The van der Waals surface area contributed by atoms with Crippen LogP contribution < -0.4 is 11.1 Å². The molecule has 1 aromatic heterocycles. The predicted molar refractivity (Wildman–Crippen MR) is 85.0 cm³/mol. The number of hydrogen-bond donors (Lipinski definition) is 2. The number of aromatic nitrogens is 1. The molecule has 1 fully saturated rings. The molecule has 1 saturated carbocycles. The molecule has 0 bridgehead atoms. The number of fused-ring (bicyclic) bond motifs is 1. The summed E-state index contributed by atoms with van der Waals surface area (Å²) in [6.45, 7) is 2.80. The zero-order valence-electron chi connectivity index (χ0n) is 12.2. The quantitative estimate of drug-likeness (QED) is 0.894. The van der Waals surface area contributed by atoms with Gasteiger partial charge in [-0.25, -0.2) is 4.98 Å². The minimum atomic E-state index is 0.0401. The lowest BCUT2D eigenvalue weighted by Crippen LogP contribution is -2.47. The Morgan fingerprint density at radius 3 is 2.70 bits per heavy atom. The maximum Gasteiger partial charge on any atom is 0.130 e. The molecule has 3 rings (SSSR count). The Bertz CT molecular complexity index is 600. The average molecular weight is 269 g/mol. The van der Waals surface area contributed by atoms with Crippen LogP contribution in [0.2, 0.25) is 0 Å². The van der Waals surface area contributed by atoms with E-state index >= 15 is 0 Å². The third-order valence-corrected chi connectivity index (χ3v) is 4.50. The Hall–Kier alpha value is -1.61. The lowest BCUT2D eigenvalue weighted by Gasteiger charge is -2.38. The van der Waals surface area contributed by atoms with Gasteiger partial charge in [0.15, 0.2) is 0 Å². The molecule has 1 heterocycles. The van der Waals surface area contributed by atoms with Crippen molar-refractivity contribution in [1.29, 1.82) is 0 Å². The molecular weight excluding hydrogens is 246 g/mol. The normalized spacial score (nSPS) is 18.1. The number of hydrogen-bond acceptors (Lipinski definition) is 3. The molecule has 3 nitrogen and oxygen atoms in total. The number of rotatable bonds is 3. The second-order valence-electron chi connectivity index (χ2n) is 6.02. The topological polar surface area (TPSA) is 50.9 Å². The first-order valence-corrected chi connectivity index (χ1v) is 7.57. The molecule has 1 aliphatic rings. The van der Waals surface area contributed by atoms with E-state index in [9.17, 15) is 0 Å². The van der Waals surface area contributed by atoms with Crippen LogP contribution in [0.5, 0.6) is 0 Å². The summed E-state index contributed by atoms with van der Waals surface area (Å²) >= 11 is 0. The van der Waals surface area contributed by atoms with Gasteiger partial charge in [0, 0.05) is 11.9 Å². The molecule has 3 heteroatoms. The number of benzene rings is 1. The highest BCUT2D eigenvalue weighted by molar-refractivity contribution is 5.81. The van der Waals surface area contributed by atoms with E-state index in [0.717, 1.165) is 24.2 Å². The fourth-order valence-electron chi connectivity index (χ4n) is 3.21. The first-order chi connectivity index (χ1) is 9.72. The van der Waals surface area contributed by atoms with E-state index < -0.39 is 0 Å². The Kier molecular flexibility index (Phi) is 3.62. The van der Waals surface area contributed by atoms with Gasteiger partial charge in [0.1, 0.15) is 5.82 Å². The molecule has 0 unspecified atom stereocenters. The maximum atomic E-state index is 6.06. The van der Waals surface area contributed by atoms with Crippen LogP contribution in [0.25, 0.3) is 10.9 Å². The average Bonchev–Trinajstić information content (AvgIpc) is 2.49. The van der Waals surface area contributed by atoms with E-state index in [1.807, 2.05) is 6.07 Å². The van der Waals surface area contributed by atoms with Gasteiger partial charge in [-0.3, -0.25) is 0 Å². The van der Waals surface area contributed by atoms with Crippen LogP contribution in [0.1, 0.15) is 37.7 Å². The molecule has 106 valence electrons. The fraction of sp³-hybridized carbons (Fsp3) is 0.471. The molecule has 1 aliphatic carbocycles. The van der Waals surface area contributed by atoms with Crippen LogP contribution in [0.4, 0.5) is 5.82 Å². The third kappa shape index (κ3) is 2.50. The van der Waals surface area contributed by atoms with Gasteiger partial charge in [-0.15, -0.1) is 0 Å². The summed E-state index contributed by atoms with van der Waals surface area (Å²) in [5, 5.41) is 4.86. The van der Waals surface area contributed by atoms with Crippen molar-refractivity contribution in [2.45, 2.75) is 44.6 Å². The summed E-state index contributed by atoms with van der Waals surface area (Å²) < 4.78 is 0. The van der Waals surface area contributed by atoms with Gasteiger partial charge in [-0.1, -0.05) is 37.5 Å². The van der Waals surface area contributed by atoms with Crippen molar-refractivity contribution < 1.29 is 0 Å². The molecule has 1 aromatic carbocycles. The number of anilines is 1. The number of nitrogens with zero attached hydrogens (tertiary/aromatic N) is 1. The van der Waals surface area contributed by atoms with Gasteiger partial charge in [0.2, 0.25) is 0 Å². The van der Waals surface area contributed by atoms with E-state index in [-0.39, 0.29) is 5.54 Å². The van der Waals surface area contributed by atoms with Crippen LogP contribution in [-0.4, -0.2) is 17.1 Å². The number of nitrogens with one attached hydrogen (secondary N) is 1. The van der Waals surface area contributed by atoms with E-state index in [2.05, 4.69) is 36.5 Å². The SMILES string of the molecule is Cc1cc2ccccc2nc1NC1(CN)CCCCC1. The highest BCUT2D eigenvalue weighted by Crippen LogP contribution is 2.32. The number of aryl methyl sites for hydroxylation is 1. The van der Waals surface area contributed by atoms with Crippen LogP contribution in [0.15, 0.2) is 30.3 Å². The van der Waals surface area contributed by atoms with Gasteiger partial charge in [-0.2, -0.15) is 0 Å². The molecule has 0 spiro atoms. The second-order valence-corrected chi connectivity index (χ2v) is 6.02. The Balaban J connectivity index is 1.95. The largest absolute Gasteiger partial charge is 0.363 e. The highest BCUT2D eigenvalue weighted by atomic mass is 15.1. The lowest BCUT2D eigenvalue weighted by atomic mass is 9.81. The standard InChI is InChI=1S/C17H23N3/c1-13-11-14-7-3-4-8-15(14)19-16(13)20-17(12-18)9-5-2-6-10-17/h3-4,7-8,11H,2,5-6,9-10,12,18H2,1H3,(H,19,20). The van der Waals surface area contributed by atoms with E-state index in [4.69, 9.17) is 10.7 Å². The predicted octanol–water partition coefficient (Wildman–Crippen LogP) is 3.62. The molecule has 0 atom stereocenters. The summed E-state index contributed by atoms with van der Waals surface area (Å²) in [5.41, 5.74) is 8.34. The Morgan fingerprint density at radius 1 is 1.20 bits per heavy atom. The fourth-order valence-corrected chi connectivity index (χ4v) is 3.21. The Labute approximate surface area is 120 Å². The van der Waals surface area contributed by atoms with Crippen LogP contribution in [0, 0.1) is 6.92 Å². The van der Waals surface area contributed by atoms with E-state index in [0.29, 0.717) is 6.54 Å². The van der Waals surface area contributed by atoms with Gasteiger partial charge in [0.05, 0.1) is 11.1 Å². The molecule has 3 N–H and O–H groups in total. The molecule has 0 aliphatic heterocycles. The van der Waals surface area contributed by atoms with Crippen LogP contribution >= 0.6 is 0 Å². The zero-order valence-corrected chi connectivity index (χ0v) is 12.2. The number of nitrogens with two attached hydrogens (primary N) is 1. The molecule has 0 saturated heterocycles. The van der Waals surface area contributed by atoms with Crippen molar-refractivity contribution in [2.75, 3.05) is 11.9 Å². The summed E-state index contributed by atoms with van der Waals surface area (Å²) in [5.74, 6) is 0.996. The molecule has 2 aromatic rings. The van der Waals surface area contributed by atoms with Gasteiger partial charge < -0.3 is 11.1 Å². The van der Waals surface area contributed by atoms with Crippen molar-refractivity contribution in [3.63, 3.8) is 0 Å². The van der Waals surface area contributed by atoms with Crippen molar-refractivity contribution >= 4 is 16.7 Å². The van der Waals surface area contributed by atoms with Crippen molar-refractivity contribution in [3.05, 3.63) is 35.9 Å². The van der Waals surface area contributed by atoms with Crippen LogP contribution in [0.3, 0.4) is 0 Å². The Morgan fingerprint density at radius 2 is 1.95 bits per heavy atom. The van der Waals surface area contributed by atoms with Crippen molar-refractivity contribution in [2.24, 2.45) is 5.73 Å². The van der Waals surface area contributed by atoms with E-state index in [1.165, 1.54) is 30.2 Å². The molecular formula is C17H23N3. The minimum Gasteiger partial charge on any atom is -0.363 e. The first kappa shape index (κ1) is 13.4. The summed E-state index contributed by atoms with van der Waals surface area (Å²) in [7, 11) is 0. The first-order valence-electron chi connectivity index (χ1n) is 7.57. The minimum absolute atomic E-state index is 0.0401. The maximum absolute atomic E-state index is 6.06. The van der Waals surface area contributed by atoms with Gasteiger partial charge in [0.25, 0.3) is 0 Å². The second kappa shape index (κ2) is 5.41. The number of para-hydroxylation sites is 1. The smallest absolute Gasteiger partial charge is 0.130 e. The third-order valence-electron chi connectivity index (χ3n) is 4.50. The summed E-state index contributed by atoms with van der Waals surface area (Å²) in [4.78, 5) is 4.80. The highest BCUT2D eigenvalue weighted by Gasteiger charge is 2.31. The van der Waals surface area contributed by atoms with Gasteiger partial charge in [-0.05, 0) is 37.5 Å². The lowest BCUT2D eigenvalue weighted by molar-refractivity contribution is 0.330. The van der Waals surface area contributed by atoms with Gasteiger partial charge >= 0.3 is 0 Å².